The second-order valence-corrected chi connectivity index (χ2v) is 26.4. The maximum atomic E-state index is 7.48. The first-order valence-corrected chi connectivity index (χ1v) is 31.4. The van der Waals surface area contributed by atoms with Crippen molar-refractivity contribution in [3.05, 3.63) is 317 Å². The zero-order chi connectivity index (χ0) is 58.4. The van der Waals surface area contributed by atoms with E-state index in [0.717, 1.165) is 78.0 Å². The summed E-state index contributed by atoms with van der Waals surface area (Å²) in [5.74, 6) is 0. The summed E-state index contributed by atoms with van der Waals surface area (Å²) in [7, 11) is 0. The van der Waals surface area contributed by atoms with Gasteiger partial charge >= 0.3 is 0 Å². The van der Waals surface area contributed by atoms with Gasteiger partial charge in [0.2, 0.25) is 0 Å². The van der Waals surface area contributed by atoms with Crippen LogP contribution in [0.15, 0.2) is 276 Å². The van der Waals surface area contributed by atoms with Gasteiger partial charge in [0.25, 0.3) is 6.71 Å². The molecular weight excluding hydrogens is 1080 g/mol. The minimum absolute atomic E-state index is 0.256. The predicted octanol–water partition coefficient (Wildman–Crippen LogP) is 19.6. The summed E-state index contributed by atoms with van der Waals surface area (Å²) in [6.45, 7) is 6.89. The number of para-hydroxylation sites is 2. The number of furan rings is 2. The fourth-order valence-electron chi connectivity index (χ4n) is 18.1. The highest BCUT2D eigenvalue weighted by atomic mass is 16.3. The Morgan fingerprint density at radius 2 is 0.640 bits per heavy atom. The van der Waals surface area contributed by atoms with Crippen LogP contribution in [0.4, 0.5) is 34.1 Å². The van der Waals surface area contributed by atoms with E-state index in [2.05, 4.69) is 297 Å². The van der Waals surface area contributed by atoms with Crippen molar-refractivity contribution in [2.45, 2.75) is 37.0 Å². The van der Waals surface area contributed by atoms with E-state index in [1.165, 1.54) is 111 Å². The van der Waals surface area contributed by atoms with Gasteiger partial charge in [-0.3, -0.25) is 0 Å². The van der Waals surface area contributed by atoms with Crippen LogP contribution in [0.3, 0.4) is 0 Å². The molecule has 0 unspecified atom stereocenters. The number of anilines is 6. The Labute approximate surface area is 515 Å². The zero-order valence-corrected chi connectivity index (χ0v) is 49.2. The molecule has 0 fully saturated rings. The van der Waals surface area contributed by atoms with Crippen molar-refractivity contribution in [2.24, 2.45) is 0 Å². The molecule has 0 saturated heterocycles. The summed E-state index contributed by atoms with van der Waals surface area (Å²) in [5.41, 5.74) is 33.9. The van der Waals surface area contributed by atoms with Crippen molar-refractivity contribution in [3.8, 4) is 44.5 Å². The normalized spacial score (nSPS) is 15.0. The zero-order valence-electron chi connectivity index (χ0n) is 49.2. The van der Waals surface area contributed by atoms with Crippen molar-refractivity contribution in [1.29, 1.82) is 0 Å². The molecule has 0 amide bonds. The van der Waals surface area contributed by atoms with Crippen molar-refractivity contribution < 1.29 is 8.83 Å². The molecule has 6 aliphatic rings. The van der Waals surface area contributed by atoms with Gasteiger partial charge in [-0.25, -0.2) is 0 Å². The largest absolute Gasteiger partial charge is 0.454 e. The molecule has 5 heteroatoms. The lowest BCUT2D eigenvalue weighted by Crippen LogP contribution is -2.61. The van der Waals surface area contributed by atoms with Crippen LogP contribution < -0.4 is 26.2 Å². The third kappa shape index (κ3) is 5.67. The first-order valence-electron chi connectivity index (χ1n) is 31.4. The Morgan fingerprint density at radius 3 is 1.01 bits per heavy atom. The van der Waals surface area contributed by atoms with Crippen LogP contribution in [0.2, 0.25) is 0 Å². The van der Waals surface area contributed by atoms with E-state index >= 15 is 0 Å². The lowest BCUT2D eigenvalue weighted by Gasteiger charge is -2.46. The Kier molecular flexibility index (Phi) is 9.00. The van der Waals surface area contributed by atoms with Gasteiger partial charge in [0.15, 0.2) is 11.2 Å². The Hall–Kier alpha value is -10.9. The standard InChI is InChI=1S/C84H53BN2O2/c1-82(2,3)48-46-71-77-72(47-48)87(70-39-21-31-58-54-27-9-17-37-66(54)84(76(58)70)63-34-14-6-24-51(63)52-25-7-15-35-64(52)84)79-68(45-43-60-56-29-11-19-41-74(56)89-81(60)79)85(77)67-44-42-59-55-28-10-18-40-73(55)88-80(59)78(67)86(71)69-38-20-30-57-53-26-8-16-36-65(53)83(75(57)69)61-32-12-4-22-49(61)50-23-5-13-33-62(50)83/h4-47H,1-3H3. The highest BCUT2D eigenvalue weighted by molar-refractivity contribution is 7.00. The van der Waals surface area contributed by atoms with E-state index < -0.39 is 10.8 Å². The molecule has 4 nitrogen and oxygen atoms in total. The Balaban J connectivity index is 0.947. The molecule has 2 aliphatic heterocycles. The van der Waals surface area contributed by atoms with Gasteiger partial charge in [-0.1, -0.05) is 251 Å². The molecule has 0 atom stereocenters. The molecule has 0 saturated carbocycles. The summed E-state index contributed by atoms with van der Waals surface area (Å²) < 4.78 is 15.0. The molecule has 15 aromatic rings. The predicted molar refractivity (Wildman–Crippen MR) is 366 cm³/mol. The highest BCUT2D eigenvalue weighted by Gasteiger charge is 2.57. The van der Waals surface area contributed by atoms with E-state index in [1.54, 1.807) is 0 Å². The van der Waals surface area contributed by atoms with E-state index in [0.29, 0.717) is 0 Å². The van der Waals surface area contributed by atoms with Crippen LogP contribution in [0.1, 0.15) is 70.8 Å². The molecule has 4 aliphatic carbocycles. The number of hydrogen-bond donors (Lipinski definition) is 0. The van der Waals surface area contributed by atoms with Gasteiger partial charge in [-0.05, 0) is 142 Å². The maximum absolute atomic E-state index is 7.48. The first-order chi connectivity index (χ1) is 43.8. The van der Waals surface area contributed by atoms with Crippen molar-refractivity contribution in [1.82, 2.24) is 0 Å². The molecule has 13 aromatic carbocycles. The number of fused-ring (bicyclic) bond motifs is 32. The molecule has 414 valence electrons. The van der Waals surface area contributed by atoms with Crippen LogP contribution in [0.5, 0.6) is 0 Å². The summed E-state index contributed by atoms with van der Waals surface area (Å²) in [5, 5.41) is 4.38. The fraction of sp³-hybridized carbons (Fsp3) is 0.0714. The topological polar surface area (TPSA) is 32.8 Å². The number of hydrogen-bond acceptors (Lipinski definition) is 4. The number of nitrogens with zero attached hydrogens (tertiary/aromatic N) is 2. The van der Waals surface area contributed by atoms with Crippen LogP contribution in [0, 0.1) is 0 Å². The Morgan fingerprint density at radius 1 is 0.315 bits per heavy atom. The molecule has 2 spiro atoms. The number of rotatable bonds is 2. The third-order valence-corrected chi connectivity index (χ3v) is 21.4. The second kappa shape index (κ2) is 16.6. The molecular formula is C84H53BN2O2. The lowest BCUT2D eigenvalue weighted by atomic mass is 9.33. The summed E-state index contributed by atoms with van der Waals surface area (Å²) in [6, 6.07) is 101. The summed E-state index contributed by atoms with van der Waals surface area (Å²) >= 11 is 0. The first kappa shape index (κ1) is 48.3. The van der Waals surface area contributed by atoms with E-state index in [4.69, 9.17) is 8.83 Å². The van der Waals surface area contributed by atoms with Gasteiger partial charge in [-0.15, -0.1) is 0 Å². The monoisotopic (exact) mass is 1130 g/mol. The molecule has 2 aromatic heterocycles. The highest BCUT2D eigenvalue weighted by Crippen LogP contribution is 2.68. The van der Waals surface area contributed by atoms with Crippen LogP contribution in [0.25, 0.3) is 88.4 Å². The minimum atomic E-state index is -0.649. The molecule has 89 heavy (non-hydrogen) atoms. The lowest BCUT2D eigenvalue weighted by molar-refractivity contribution is 0.590. The molecule has 21 rings (SSSR count). The average molecular weight is 1130 g/mol. The van der Waals surface area contributed by atoms with Gasteiger partial charge in [0, 0.05) is 44.0 Å². The fourth-order valence-corrected chi connectivity index (χ4v) is 18.1. The van der Waals surface area contributed by atoms with Gasteiger partial charge < -0.3 is 18.6 Å². The van der Waals surface area contributed by atoms with Gasteiger partial charge in [0.05, 0.1) is 33.6 Å². The van der Waals surface area contributed by atoms with E-state index in [9.17, 15) is 0 Å². The summed E-state index contributed by atoms with van der Waals surface area (Å²) in [4.78, 5) is 5.36. The second-order valence-electron chi connectivity index (χ2n) is 26.4. The van der Waals surface area contributed by atoms with Crippen molar-refractivity contribution in [2.75, 3.05) is 9.80 Å². The number of benzene rings is 13. The SMILES string of the molecule is CC(C)(C)c1cc2c3c(c1)N(c1cccc4c1C1(c5ccccc5-c5ccccc51)c1ccccc1-4)c1c(ccc4c1oc1ccccc14)B3c1ccc3c(oc4ccccc43)c1N2c1cccc2c1C1(c3ccccc3-c3ccccc31)c1ccccc1-2. The summed E-state index contributed by atoms with van der Waals surface area (Å²) in [6.07, 6.45) is 0. The molecule has 0 N–H and O–H groups in total. The smallest absolute Gasteiger partial charge is 0.252 e. The minimum Gasteiger partial charge on any atom is -0.454 e. The average Bonchev–Trinajstić information content (AvgIpc) is 1.61. The van der Waals surface area contributed by atoms with Gasteiger partial charge in [0.1, 0.15) is 11.2 Å². The van der Waals surface area contributed by atoms with Crippen LogP contribution >= 0.6 is 0 Å². The third-order valence-electron chi connectivity index (χ3n) is 21.4. The van der Waals surface area contributed by atoms with Crippen LogP contribution in [-0.4, -0.2) is 6.71 Å². The Bertz CT molecular complexity index is 5270. The van der Waals surface area contributed by atoms with Crippen LogP contribution in [-0.2, 0) is 16.2 Å². The van der Waals surface area contributed by atoms with Gasteiger partial charge in [-0.2, -0.15) is 0 Å². The quantitative estimate of drug-likeness (QED) is 0.162. The maximum Gasteiger partial charge on any atom is 0.252 e. The molecule has 0 bridgehead atoms. The van der Waals surface area contributed by atoms with E-state index in [1.807, 2.05) is 0 Å². The molecule has 0 radical (unpaired) electrons. The van der Waals surface area contributed by atoms with Crippen molar-refractivity contribution in [3.63, 3.8) is 0 Å². The van der Waals surface area contributed by atoms with E-state index in [-0.39, 0.29) is 12.1 Å². The van der Waals surface area contributed by atoms with Crippen molar-refractivity contribution >= 4 is 101 Å². The molecule has 4 heterocycles.